The first-order valence-corrected chi connectivity index (χ1v) is 14.2. The van der Waals surface area contributed by atoms with Crippen LogP contribution >= 0.6 is 0 Å². The molecule has 0 aliphatic heterocycles. The molecule has 0 N–H and O–H groups in total. The average Bonchev–Trinajstić information content (AvgIpc) is 2.76. The van der Waals surface area contributed by atoms with Gasteiger partial charge in [0.2, 0.25) is 0 Å². The number of rotatable bonds is 8. The van der Waals surface area contributed by atoms with Gasteiger partial charge in [-0.3, -0.25) is 9.59 Å². The number of hydrogen-bond acceptors (Lipinski definition) is 4. The summed E-state index contributed by atoms with van der Waals surface area (Å²) in [4.78, 5) is 24.6. The van der Waals surface area contributed by atoms with E-state index in [1.54, 1.807) is 0 Å². The summed E-state index contributed by atoms with van der Waals surface area (Å²) in [5.41, 5.74) is 0. The van der Waals surface area contributed by atoms with Crippen LogP contribution in [0.15, 0.2) is 0 Å². The largest absolute Gasteiger partial charge is 0.463 e. The molecule has 4 rings (SSSR count). The lowest BCUT2D eigenvalue weighted by Gasteiger charge is -2.48. The Kier molecular flexibility index (Phi) is 8.44. The minimum atomic E-state index is -0.168. The lowest BCUT2D eigenvalue weighted by Crippen LogP contribution is -2.42. The second-order valence-corrected chi connectivity index (χ2v) is 12.3. The Morgan fingerprint density at radius 3 is 2.00 bits per heavy atom. The third-order valence-corrected chi connectivity index (χ3v) is 9.97. The van der Waals surface area contributed by atoms with Gasteiger partial charge in [0.1, 0.15) is 12.2 Å². The molecule has 0 radical (unpaired) electrons. The summed E-state index contributed by atoms with van der Waals surface area (Å²) < 4.78 is 11.8. The van der Waals surface area contributed by atoms with Crippen LogP contribution in [-0.4, -0.2) is 24.1 Å². The maximum Gasteiger partial charge on any atom is 0.308 e. The van der Waals surface area contributed by atoms with E-state index >= 15 is 0 Å². The van der Waals surface area contributed by atoms with Crippen LogP contribution in [0.3, 0.4) is 0 Å². The zero-order valence-electron chi connectivity index (χ0n) is 21.6. The van der Waals surface area contributed by atoms with Gasteiger partial charge < -0.3 is 9.47 Å². The van der Waals surface area contributed by atoms with Gasteiger partial charge >= 0.3 is 11.9 Å². The summed E-state index contributed by atoms with van der Waals surface area (Å²) in [6, 6.07) is 0. The van der Waals surface area contributed by atoms with Gasteiger partial charge in [0.05, 0.1) is 5.92 Å². The van der Waals surface area contributed by atoms with E-state index in [1.807, 2.05) is 0 Å². The van der Waals surface area contributed by atoms with Crippen molar-refractivity contribution in [3.63, 3.8) is 0 Å². The van der Waals surface area contributed by atoms with Crippen molar-refractivity contribution in [3.8, 4) is 0 Å². The molecular formula is C29H48O4. The molecular weight excluding hydrogens is 412 g/mol. The SMILES string of the molecule is CCC(OC(=O)C(C)CC1C2CCCC1CC(C(C)OC(C)=O)C2)C1CC2CCCC(C2)C1. The lowest BCUT2D eigenvalue weighted by molar-refractivity contribution is -0.160. The lowest BCUT2D eigenvalue weighted by atomic mass is 9.59. The number of carbonyl (C=O) groups excluding carboxylic acids is 2. The van der Waals surface area contributed by atoms with E-state index in [-0.39, 0.29) is 30.1 Å². The van der Waals surface area contributed by atoms with Crippen molar-refractivity contribution >= 4 is 11.9 Å². The maximum absolute atomic E-state index is 13.2. The summed E-state index contributed by atoms with van der Waals surface area (Å²) in [6.45, 7) is 7.88. The fourth-order valence-corrected chi connectivity index (χ4v) is 8.41. The third kappa shape index (κ3) is 6.14. The number of esters is 2. The van der Waals surface area contributed by atoms with E-state index < -0.39 is 0 Å². The third-order valence-electron chi connectivity index (χ3n) is 9.97. The molecule has 0 aromatic carbocycles. The minimum absolute atomic E-state index is 0.00855. The van der Waals surface area contributed by atoms with Crippen molar-refractivity contribution in [1.82, 2.24) is 0 Å². The van der Waals surface area contributed by atoms with Crippen molar-refractivity contribution in [2.75, 3.05) is 0 Å². The van der Waals surface area contributed by atoms with Crippen LogP contribution in [0.4, 0.5) is 0 Å². The van der Waals surface area contributed by atoms with Crippen LogP contribution in [0, 0.1) is 47.3 Å². The highest BCUT2D eigenvalue weighted by Gasteiger charge is 2.43. The van der Waals surface area contributed by atoms with Gasteiger partial charge in [-0.1, -0.05) is 52.4 Å². The summed E-state index contributed by atoms with van der Waals surface area (Å²) in [7, 11) is 0. The zero-order valence-corrected chi connectivity index (χ0v) is 21.6. The van der Waals surface area contributed by atoms with Crippen LogP contribution in [0.5, 0.6) is 0 Å². The molecule has 4 heteroatoms. The molecule has 4 nitrogen and oxygen atoms in total. The van der Waals surface area contributed by atoms with Crippen molar-refractivity contribution in [1.29, 1.82) is 0 Å². The molecule has 0 saturated heterocycles. The molecule has 4 bridgehead atoms. The first-order valence-electron chi connectivity index (χ1n) is 14.2. The van der Waals surface area contributed by atoms with E-state index in [0.717, 1.165) is 37.5 Å². The second-order valence-electron chi connectivity index (χ2n) is 12.3. The molecule has 0 aromatic heterocycles. The van der Waals surface area contributed by atoms with Crippen LogP contribution in [-0.2, 0) is 19.1 Å². The zero-order chi connectivity index (χ0) is 23.5. The topological polar surface area (TPSA) is 52.6 Å². The summed E-state index contributed by atoms with van der Waals surface area (Å²) in [5.74, 6) is 4.60. The monoisotopic (exact) mass is 460 g/mol. The molecule has 0 aromatic rings. The summed E-state index contributed by atoms with van der Waals surface area (Å²) >= 11 is 0. The van der Waals surface area contributed by atoms with Crippen molar-refractivity contribution in [2.45, 2.75) is 123 Å². The molecule has 0 spiro atoms. The Balaban J connectivity index is 1.31. The quantitative estimate of drug-likeness (QED) is 0.368. The Labute approximate surface area is 201 Å². The molecule has 0 amide bonds. The highest BCUT2D eigenvalue weighted by molar-refractivity contribution is 5.72. The van der Waals surface area contributed by atoms with Gasteiger partial charge in [-0.25, -0.2) is 0 Å². The van der Waals surface area contributed by atoms with Crippen molar-refractivity contribution in [2.24, 2.45) is 47.3 Å². The first kappa shape index (κ1) is 25.0. The predicted molar refractivity (Wildman–Crippen MR) is 130 cm³/mol. The van der Waals surface area contributed by atoms with Crippen LogP contribution in [0.2, 0.25) is 0 Å². The van der Waals surface area contributed by atoms with Crippen LogP contribution in [0.25, 0.3) is 0 Å². The number of fused-ring (bicyclic) bond motifs is 4. The Morgan fingerprint density at radius 2 is 1.42 bits per heavy atom. The first-order chi connectivity index (χ1) is 15.8. The summed E-state index contributed by atoms with van der Waals surface area (Å²) in [5, 5.41) is 0. The minimum Gasteiger partial charge on any atom is -0.463 e. The van der Waals surface area contributed by atoms with Crippen LogP contribution in [0.1, 0.15) is 111 Å². The Morgan fingerprint density at radius 1 is 0.818 bits per heavy atom. The second kappa shape index (κ2) is 11.1. The van der Waals surface area contributed by atoms with Crippen LogP contribution < -0.4 is 0 Å². The molecule has 4 saturated carbocycles. The average molecular weight is 461 g/mol. The molecule has 4 aliphatic rings. The van der Waals surface area contributed by atoms with Gasteiger partial charge in [0.25, 0.3) is 0 Å². The molecule has 33 heavy (non-hydrogen) atoms. The van der Waals surface area contributed by atoms with Gasteiger partial charge in [-0.2, -0.15) is 0 Å². The van der Waals surface area contributed by atoms with E-state index in [0.29, 0.717) is 29.6 Å². The van der Waals surface area contributed by atoms with Crippen molar-refractivity contribution in [3.05, 3.63) is 0 Å². The smallest absolute Gasteiger partial charge is 0.308 e. The van der Waals surface area contributed by atoms with Crippen molar-refractivity contribution < 1.29 is 19.1 Å². The molecule has 7 atom stereocenters. The van der Waals surface area contributed by atoms with Gasteiger partial charge in [0.15, 0.2) is 0 Å². The number of hydrogen-bond donors (Lipinski definition) is 0. The van der Waals surface area contributed by atoms with E-state index in [4.69, 9.17) is 9.47 Å². The van der Waals surface area contributed by atoms with E-state index in [1.165, 1.54) is 64.7 Å². The maximum atomic E-state index is 13.2. The molecule has 188 valence electrons. The molecule has 4 fully saturated rings. The molecule has 7 unspecified atom stereocenters. The Hall–Kier alpha value is -1.06. The molecule has 0 heterocycles. The highest BCUT2D eigenvalue weighted by Crippen LogP contribution is 2.50. The molecule has 4 aliphatic carbocycles. The fourth-order valence-electron chi connectivity index (χ4n) is 8.41. The fraction of sp³-hybridized carbons (Fsp3) is 0.931. The van der Waals surface area contributed by atoms with Gasteiger partial charge in [-0.15, -0.1) is 0 Å². The van der Waals surface area contributed by atoms with E-state index in [2.05, 4.69) is 20.8 Å². The predicted octanol–water partition coefficient (Wildman–Crippen LogP) is 6.94. The summed E-state index contributed by atoms with van der Waals surface area (Å²) in [6.07, 6.45) is 16.3. The van der Waals surface area contributed by atoms with Gasteiger partial charge in [-0.05, 0) is 93.3 Å². The number of ether oxygens (including phenoxy) is 2. The number of carbonyl (C=O) groups is 2. The van der Waals surface area contributed by atoms with Gasteiger partial charge in [0, 0.05) is 6.92 Å². The van der Waals surface area contributed by atoms with E-state index in [9.17, 15) is 9.59 Å². The normalized spacial score (nSPS) is 38.6. The standard InChI is InChI=1S/C29H48O4/c1-5-28(26-14-21-8-6-9-22(13-21)15-26)33-29(31)18(2)12-27-23-10-7-11-24(27)17-25(16-23)19(3)32-20(4)30/h18-19,21-28H,5-17H2,1-4H3. The highest BCUT2D eigenvalue weighted by atomic mass is 16.5. The Bertz CT molecular complexity index is 649.